The van der Waals surface area contributed by atoms with Crippen molar-refractivity contribution in [2.75, 3.05) is 40.9 Å². The summed E-state index contributed by atoms with van der Waals surface area (Å²) in [6.07, 6.45) is 78.7. The van der Waals surface area contributed by atoms with E-state index in [0.717, 1.165) is 103 Å². The number of phosphoric acid groups is 1. The van der Waals surface area contributed by atoms with Crippen molar-refractivity contribution in [1.82, 2.24) is 5.32 Å². The molecule has 0 saturated carbocycles. The molecule has 0 heterocycles. The molecule has 0 aliphatic rings. The molecule has 0 aromatic heterocycles. The van der Waals surface area contributed by atoms with Crippen LogP contribution >= 0.6 is 7.82 Å². The van der Waals surface area contributed by atoms with Crippen LogP contribution in [0.1, 0.15) is 219 Å². The van der Waals surface area contributed by atoms with Crippen LogP contribution in [0.4, 0.5) is 0 Å². The fraction of sp³-hybridized carbons (Fsp3) is 0.667. The molecule has 0 fully saturated rings. The fourth-order valence-electron chi connectivity index (χ4n) is 7.66. The van der Waals surface area contributed by atoms with E-state index in [2.05, 4.69) is 129 Å². The molecule has 0 aliphatic heterocycles. The van der Waals surface area contributed by atoms with E-state index in [4.69, 9.17) is 9.05 Å². The van der Waals surface area contributed by atoms with Crippen molar-refractivity contribution in [3.05, 3.63) is 122 Å². The summed E-state index contributed by atoms with van der Waals surface area (Å²) in [5.74, 6) is -0.216. The van der Waals surface area contributed by atoms with E-state index in [-0.39, 0.29) is 19.1 Å². The van der Waals surface area contributed by atoms with E-state index in [1.807, 2.05) is 27.2 Å². The van der Waals surface area contributed by atoms with Gasteiger partial charge in [0.2, 0.25) is 5.91 Å². The molecule has 1 amide bonds. The standard InChI is InChI=1S/C63H109N2O6P/c1-6-8-10-12-14-16-18-20-22-24-26-28-29-30-31-32-33-34-35-37-39-41-43-45-47-49-51-53-55-57-63(67)64-61(60-71-72(68,69)70-59-58-65(3,4)5)62(66)56-54-52-50-48-46-44-42-40-38-36-27-25-23-21-19-17-15-13-11-9-7-2/h8,10,14,16,20,22,26,28,30-31,33-34,37,39,43,45-46,48,54,56,61-62,66H,6-7,9,11-13,15,17-19,21,23-25,27,29,32,35-36,38,40-42,44,47,49-53,55,57-60H2,1-5H3,(H-,64,67,68,69)/p+1/b10-8-,16-14-,22-20-,28-26-,31-30-,34-33-,39-37-,45-43-,48-46+,56-54+. The highest BCUT2D eigenvalue weighted by atomic mass is 31.2. The Kier molecular flexibility index (Phi) is 50.5. The van der Waals surface area contributed by atoms with Crippen LogP contribution in [0.25, 0.3) is 0 Å². The number of amides is 1. The maximum absolute atomic E-state index is 13.0. The fourth-order valence-corrected chi connectivity index (χ4v) is 8.40. The molecule has 72 heavy (non-hydrogen) atoms. The van der Waals surface area contributed by atoms with Gasteiger partial charge in [0.05, 0.1) is 39.9 Å². The number of unbranched alkanes of at least 4 members (excludes halogenated alkanes) is 20. The Bertz CT molecular complexity index is 1580. The second-order valence-electron chi connectivity index (χ2n) is 20.3. The average molecular weight is 1020 g/mol. The number of nitrogens with zero attached hydrogens (tertiary/aromatic N) is 1. The number of allylic oxidation sites excluding steroid dienone is 19. The number of quaternary nitrogens is 1. The van der Waals surface area contributed by atoms with Crippen molar-refractivity contribution >= 4 is 13.7 Å². The molecule has 0 radical (unpaired) electrons. The van der Waals surface area contributed by atoms with Gasteiger partial charge in [0.15, 0.2) is 0 Å². The van der Waals surface area contributed by atoms with E-state index >= 15 is 0 Å². The Morgan fingerprint density at radius 3 is 1.28 bits per heavy atom. The molecule has 3 N–H and O–H groups in total. The first kappa shape index (κ1) is 68.9. The Morgan fingerprint density at radius 1 is 0.486 bits per heavy atom. The average Bonchev–Trinajstić information content (AvgIpc) is 3.34. The minimum absolute atomic E-state index is 0.0439. The molecule has 0 saturated heterocycles. The van der Waals surface area contributed by atoms with Crippen molar-refractivity contribution < 1.29 is 32.9 Å². The van der Waals surface area contributed by atoms with Crippen molar-refractivity contribution in [2.24, 2.45) is 0 Å². The number of likely N-dealkylation sites (N-methyl/N-ethyl adjacent to an activating group) is 1. The number of carbonyl (C=O) groups is 1. The van der Waals surface area contributed by atoms with Gasteiger partial charge in [-0.05, 0) is 96.3 Å². The van der Waals surface area contributed by atoms with Crippen LogP contribution in [0.3, 0.4) is 0 Å². The van der Waals surface area contributed by atoms with Crippen LogP contribution in [0.15, 0.2) is 122 Å². The quantitative estimate of drug-likeness (QED) is 0.0243. The zero-order valence-electron chi connectivity index (χ0n) is 46.9. The number of hydrogen-bond donors (Lipinski definition) is 3. The first-order valence-electron chi connectivity index (χ1n) is 28.9. The lowest BCUT2D eigenvalue weighted by Gasteiger charge is -2.25. The smallest absolute Gasteiger partial charge is 0.387 e. The molecule has 3 unspecified atom stereocenters. The summed E-state index contributed by atoms with van der Waals surface area (Å²) in [7, 11) is 1.52. The summed E-state index contributed by atoms with van der Waals surface area (Å²) in [4.78, 5) is 23.3. The topological polar surface area (TPSA) is 105 Å². The lowest BCUT2D eigenvalue weighted by molar-refractivity contribution is -0.870. The summed E-state index contributed by atoms with van der Waals surface area (Å²) < 4.78 is 23.7. The Balaban J connectivity index is 4.37. The number of aliphatic hydroxyl groups is 1. The van der Waals surface area contributed by atoms with Crippen LogP contribution in [0.2, 0.25) is 0 Å². The number of nitrogens with one attached hydrogen (secondary N) is 1. The van der Waals surface area contributed by atoms with E-state index in [9.17, 15) is 19.4 Å². The molecular formula is C63H110N2O6P+. The van der Waals surface area contributed by atoms with Gasteiger partial charge in [-0.15, -0.1) is 0 Å². The van der Waals surface area contributed by atoms with Crippen molar-refractivity contribution in [3.63, 3.8) is 0 Å². The van der Waals surface area contributed by atoms with Gasteiger partial charge in [-0.1, -0.05) is 238 Å². The maximum Gasteiger partial charge on any atom is 0.472 e. The molecule has 3 atom stereocenters. The zero-order valence-corrected chi connectivity index (χ0v) is 47.8. The number of aliphatic hydroxyl groups excluding tert-OH is 1. The third-order valence-corrected chi connectivity index (χ3v) is 13.1. The van der Waals surface area contributed by atoms with Gasteiger partial charge in [-0.3, -0.25) is 13.8 Å². The third-order valence-electron chi connectivity index (χ3n) is 12.2. The molecule has 0 spiro atoms. The molecule has 0 rings (SSSR count). The van der Waals surface area contributed by atoms with Gasteiger partial charge in [0.25, 0.3) is 0 Å². The molecule has 8 nitrogen and oxygen atoms in total. The Hall–Kier alpha value is -3.10. The number of carbonyl (C=O) groups excluding carboxylic acids is 1. The third kappa shape index (κ3) is 54.7. The number of phosphoric ester groups is 1. The molecule has 0 aromatic rings. The number of hydrogen-bond acceptors (Lipinski definition) is 5. The van der Waals surface area contributed by atoms with Crippen LogP contribution in [0, 0.1) is 0 Å². The second-order valence-corrected chi connectivity index (χ2v) is 21.7. The normalized spacial score (nSPS) is 14.8. The van der Waals surface area contributed by atoms with E-state index in [1.165, 1.54) is 96.3 Å². The van der Waals surface area contributed by atoms with Gasteiger partial charge in [-0.25, -0.2) is 4.57 Å². The largest absolute Gasteiger partial charge is 0.472 e. The highest BCUT2D eigenvalue weighted by molar-refractivity contribution is 7.47. The molecule has 0 bridgehead atoms. The van der Waals surface area contributed by atoms with E-state index in [1.54, 1.807) is 6.08 Å². The Labute approximate surface area is 444 Å². The van der Waals surface area contributed by atoms with Crippen molar-refractivity contribution in [2.45, 2.75) is 231 Å². The van der Waals surface area contributed by atoms with Gasteiger partial charge < -0.3 is 19.8 Å². The molecular weight excluding hydrogens is 912 g/mol. The van der Waals surface area contributed by atoms with Gasteiger partial charge >= 0.3 is 7.82 Å². The number of rotatable bonds is 51. The minimum atomic E-state index is -4.37. The molecule has 412 valence electrons. The molecule has 0 aliphatic carbocycles. The highest BCUT2D eigenvalue weighted by Crippen LogP contribution is 2.43. The van der Waals surface area contributed by atoms with E-state index < -0.39 is 20.0 Å². The second kappa shape index (κ2) is 52.8. The first-order valence-corrected chi connectivity index (χ1v) is 30.4. The minimum Gasteiger partial charge on any atom is -0.387 e. The molecule has 9 heteroatoms. The maximum atomic E-state index is 13.0. The summed E-state index contributed by atoms with van der Waals surface area (Å²) in [5.41, 5.74) is 0. The van der Waals surface area contributed by atoms with Gasteiger partial charge in [0, 0.05) is 6.42 Å². The summed E-state index contributed by atoms with van der Waals surface area (Å²) >= 11 is 0. The van der Waals surface area contributed by atoms with Crippen LogP contribution in [-0.4, -0.2) is 73.4 Å². The summed E-state index contributed by atoms with van der Waals surface area (Å²) in [6, 6.07) is -0.887. The Morgan fingerprint density at radius 2 is 0.847 bits per heavy atom. The van der Waals surface area contributed by atoms with Crippen molar-refractivity contribution in [3.8, 4) is 0 Å². The van der Waals surface area contributed by atoms with Crippen LogP contribution < -0.4 is 5.32 Å². The predicted molar refractivity (Wildman–Crippen MR) is 313 cm³/mol. The summed E-state index contributed by atoms with van der Waals surface area (Å²) in [5, 5.41) is 13.9. The van der Waals surface area contributed by atoms with Crippen LogP contribution in [0.5, 0.6) is 0 Å². The van der Waals surface area contributed by atoms with E-state index in [0.29, 0.717) is 17.4 Å². The van der Waals surface area contributed by atoms with Gasteiger partial charge in [-0.2, -0.15) is 0 Å². The van der Waals surface area contributed by atoms with Gasteiger partial charge in [0.1, 0.15) is 13.2 Å². The lowest BCUT2D eigenvalue weighted by Crippen LogP contribution is -2.45. The first-order chi connectivity index (χ1) is 35.0. The van der Waals surface area contributed by atoms with Crippen molar-refractivity contribution in [1.29, 1.82) is 0 Å². The molecule has 0 aromatic carbocycles. The zero-order chi connectivity index (χ0) is 52.7. The highest BCUT2D eigenvalue weighted by Gasteiger charge is 2.27. The van der Waals surface area contributed by atoms with Crippen LogP contribution in [-0.2, 0) is 18.4 Å². The predicted octanol–water partition coefficient (Wildman–Crippen LogP) is 17.8. The SMILES string of the molecule is CC/C=C\C/C=C\C/C=C\C/C=C\C/C=C\C/C=C\C/C=C\C/C=C\CCCCCCC(=O)NC(COP(=O)(O)OCC[N+](C)(C)C)C(O)/C=C/CC/C=C/CCCCCCCCCCCCCCCCC. The monoisotopic (exact) mass is 1020 g/mol. The summed E-state index contributed by atoms with van der Waals surface area (Å²) in [6.45, 7) is 4.65. The lowest BCUT2D eigenvalue weighted by atomic mass is 10.0.